The average Bonchev–Trinajstić information content (AvgIpc) is 2.53. The Labute approximate surface area is 69.5 Å². The molecule has 1 aliphatic rings. The zero-order chi connectivity index (χ0) is 7.84. The molecule has 0 saturated carbocycles. The summed E-state index contributed by atoms with van der Waals surface area (Å²) in [5.41, 5.74) is 7.03. The number of fused-ring (bicyclic) bond motifs is 1. The van der Waals surface area contributed by atoms with Crippen LogP contribution in [-0.2, 0) is 6.42 Å². The summed E-state index contributed by atoms with van der Waals surface area (Å²) in [5.74, 6) is 0. The van der Waals surface area contributed by atoms with Gasteiger partial charge in [-0.25, -0.2) is 4.85 Å². The van der Waals surface area contributed by atoms with Crippen LogP contribution in [0.2, 0.25) is 0 Å². The molecule has 1 heterocycles. The summed E-state index contributed by atoms with van der Waals surface area (Å²) in [6, 6.07) is 2.13. The summed E-state index contributed by atoms with van der Waals surface area (Å²) >= 11 is 1.59. The van der Waals surface area contributed by atoms with Crippen molar-refractivity contribution >= 4 is 16.3 Å². The molecule has 1 aliphatic carbocycles. The van der Waals surface area contributed by atoms with Crippen molar-refractivity contribution in [2.75, 3.05) is 0 Å². The predicted molar refractivity (Wildman–Crippen MR) is 45.8 cm³/mol. The van der Waals surface area contributed by atoms with Crippen LogP contribution in [0.15, 0.2) is 6.07 Å². The van der Waals surface area contributed by atoms with Crippen LogP contribution >= 0.6 is 11.3 Å². The lowest BCUT2D eigenvalue weighted by Gasteiger charge is -1.98. The lowest BCUT2D eigenvalue weighted by Crippen LogP contribution is -2.03. The smallest absolute Gasteiger partial charge is 0.241 e. The van der Waals surface area contributed by atoms with Gasteiger partial charge in [-0.15, -0.1) is 0 Å². The van der Waals surface area contributed by atoms with Crippen LogP contribution in [0.25, 0.3) is 4.85 Å². The van der Waals surface area contributed by atoms with Gasteiger partial charge >= 0.3 is 0 Å². The fourth-order valence-electron chi connectivity index (χ4n) is 1.43. The Morgan fingerprint density at radius 2 is 2.55 bits per heavy atom. The van der Waals surface area contributed by atoms with Gasteiger partial charge in [-0.3, -0.25) is 0 Å². The van der Waals surface area contributed by atoms with Crippen LogP contribution in [0.3, 0.4) is 0 Å². The highest BCUT2D eigenvalue weighted by molar-refractivity contribution is 7.16. The van der Waals surface area contributed by atoms with Gasteiger partial charge in [0.15, 0.2) is 0 Å². The molecule has 11 heavy (non-hydrogen) atoms. The van der Waals surface area contributed by atoms with Crippen molar-refractivity contribution in [2.24, 2.45) is 5.73 Å². The minimum absolute atomic E-state index is 0.191. The third kappa shape index (κ3) is 0.953. The minimum atomic E-state index is 0.191. The van der Waals surface area contributed by atoms with Gasteiger partial charge in [-0.05, 0) is 29.3 Å². The second kappa shape index (κ2) is 2.33. The van der Waals surface area contributed by atoms with E-state index in [1.807, 2.05) is 6.07 Å². The highest BCUT2D eigenvalue weighted by atomic mass is 32.1. The molecule has 0 spiro atoms. The largest absolute Gasteiger partial charge is 0.324 e. The predicted octanol–water partition coefficient (Wildman–Crippen LogP) is 2.24. The number of hydrogen-bond acceptors (Lipinski definition) is 2. The third-order valence-corrected chi connectivity index (χ3v) is 3.13. The monoisotopic (exact) mass is 164 g/mol. The maximum atomic E-state index is 6.81. The summed E-state index contributed by atoms with van der Waals surface area (Å²) in [7, 11) is 0. The number of rotatable bonds is 0. The normalized spacial score (nSPS) is 21.3. The molecule has 0 amide bonds. The number of nitrogens with zero attached hydrogens (tertiary/aromatic N) is 1. The van der Waals surface area contributed by atoms with E-state index in [-0.39, 0.29) is 6.04 Å². The average molecular weight is 164 g/mol. The molecule has 0 saturated heterocycles. The van der Waals surface area contributed by atoms with Gasteiger partial charge in [0.2, 0.25) is 5.00 Å². The van der Waals surface area contributed by atoms with Crippen LogP contribution in [0.1, 0.15) is 22.9 Å². The highest BCUT2D eigenvalue weighted by Crippen LogP contribution is 2.39. The van der Waals surface area contributed by atoms with Crippen molar-refractivity contribution in [3.8, 4) is 0 Å². The van der Waals surface area contributed by atoms with Gasteiger partial charge < -0.3 is 5.73 Å². The second-order valence-corrected chi connectivity index (χ2v) is 3.84. The Bertz CT molecular complexity index is 321. The van der Waals surface area contributed by atoms with Gasteiger partial charge in [-0.1, -0.05) is 0 Å². The first-order valence-electron chi connectivity index (χ1n) is 3.57. The van der Waals surface area contributed by atoms with Gasteiger partial charge in [-0.2, -0.15) is 11.3 Å². The fraction of sp³-hybridized carbons (Fsp3) is 0.375. The number of thiophene rings is 1. The topological polar surface area (TPSA) is 30.4 Å². The lowest BCUT2D eigenvalue weighted by atomic mass is 10.2. The van der Waals surface area contributed by atoms with Crippen LogP contribution in [0.4, 0.5) is 5.00 Å². The maximum absolute atomic E-state index is 6.81. The zero-order valence-corrected chi connectivity index (χ0v) is 6.82. The molecule has 2 N–H and O–H groups in total. The molecular formula is C8H8N2S. The summed E-state index contributed by atoms with van der Waals surface area (Å²) in [5, 5.41) is 0.783. The van der Waals surface area contributed by atoms with E-state index in [0.29, 0.717) is 0 Å². The Morgan fingerprint density at radius 3 is 3.18 bits per heavy atom. The standard InChI is InChI=1S/C8H8N2S/c1-10-8-4-5-6(9)2-3-7(5)11-8/h4,6H,2-3,9H2. The molecule has 1 atom stereocenters. The van der Waals surface area contributed by atoms with E-state index in [1.54, 1.807) is 11.3 Å². The van der Waals surface area contributed by atoms with Crippen LogP contribution < -0.4 is 5.73 Å². The van der Waals surface area contributed by atoms with Crippen molar-refractivity contribution in [3.05, 3.63) is 27.9 Å². The van der Waals surface area contributed by atoms with E-state index < -0.39 is 0 Å². The van der Waals surface area contributed by atoms with Crippen molar-refractivity contribution in [3.63, 3.8) is 0 Å². The lowest BCUT2D eigenvalue weighted by molar-refractivity contribution is 0.713. The van der Waals surface area contributed by atoms with E-state index in [0.717, 1.165) is 17.8 Å². The van der Waals surface area contributed by atoms with E-state index >= 15 is 0 Å². The van der Waals surface area contributed by atoms with E-state index in [2.05, 4.69) is 4.85 Å². The van der Waals surface area contributed by atoms with Gasteiger partial charge in [0.05, 0.1) is 6.57 Å². The van der Waals surface area contributed by atoms with Crippen molar-refractivity contribution in [1.82, 2.24) is 0 Å². The van der Waals surface area contributed by atoms with Gasteiger partial charge in [0.25, 0.3) is 0 Å². The molecule has 1 aromatic heterocycles. The SMILES string of the molecule is [C-]#[N+]c1cc2c(s1)CCC2N. The van der Waals surface area contributed by atoms with Crippen molar-refractivity contribution < 1.29 is 0 Å². The number of nitrogens with two attached hydrogens (primary N) is 1. The fourth-order valence-corrected chi connectivity index (χ4v) is 2.47. The summed E-state index contributed by atoms with van der Waals surface area (Å²) in [6.45, 7) is 6.81. The van der Waals surface area contributed by atoms with E-state index in [9.17, 15) is 0 Å². The highest BCUT2D eigenvalue weighted by Gasteiger charge is 2.21. The quantitative estimate of drug-likeness (QED) is 0.586. The Balaban J connectivity index is 2.48. The molecule has 1 unspecified atom stereocenters. The van der Waals surface area contributed by atoms with Crippen LogP contribution in [-0.4, -0.2) is 0 Å². The molecule has 2 rings (SSSR count). The number of aryl methyl sites for hydroxylation is 1. The molecule has 1 aromatic rings. The number of hydrogen-bond donors (Lipinski definition) is 1. The van der Waals surface area contributed by atoms with E-state index in [1.165, 1.54) is 10.4 Å². The van der Waals surface area contributed by atoms with E-state index in [4.69, 9.17) is 12.3 Å². The van der Waals surface area contributed by atoms with Gasteiger partial charge in [0, 0.05) is 6.04 Å². The summed E-state index contributed by atoms with van der Waals surface area (Å²) < 4.78 is 0. The maximum Gasteiger partial charge on any atom is 0.241 e. The summed E-state index contributed by atoms with van der Waals surface area (Å²) in [4.78, 5) is 4.70. The molecule has 0 aliphatic heterocycles. The first kappa shape index (κ1) is 6.84. The Hall–Kier alpha value is -0.850. The Kier molecular flexibility index (Phi) is 1.45. The molecule has 0 fully saturated rings. The molecule has 2 nitrogen and oxygen atoms in total. The molecule has 3 heteroatoms. The van der Waals surface area contributed by atoms with Crippen molar-refractivity contribution in [2.45, 2.75) is 18.9 Å². The van der Waals surface area contributed by atoms with Crippen LogP contribution in [0.5, 0.6) is 0 Å². The van der Waals surface area contributed by atoms with Crippen molar-refractivity contribution in [1.29, 1.82) is 0 Å². The minimum Gasteiger partial charge on any atom is -0.324 e. The summed E-state index contributed by atoms with van der Waals surface area (Å²) in [6.07, 6.45) is 2.12. The zero-order valence-electron chi connectivity index (χ0n) is 6.00. The molecule has 0 aromatic carbocycles. The first-order chi connectivity index (χ1) is 5.31. The third-order valence-electron chi connectivity index (χ3n) is 2.02. The van der Waals surface area contributed by atoms with Crippen LogP contribution in [0, 0.1) is 6.57 Å². The molecular weight excluding hydrogens is 156 g/mol. The van der Waals surface area contributed by atoms with Gasteiger partial charge in [0.1, 0.15) is 0 Å². The first-order valence-corrected chi connectivity index (χ1v) is 4.38. The Morgan fingerprint density at radius 1 is 1.73 bits per heavy atom. The molecule has 0 radical (unpaired) electrons. The molecule has 0 bridgehead atoms. The second-order valence-electron chi connectivity index (χ2n) is 2.72. The molecule has 56 valence electrons.